The van der Waals surface area contributed by atoms with Crippen LogP contribution >= 0.6 is 0 Å². The largest absolute Gasteiger partial charge is 0.309 e. The van der Waals surface area contributed by atoms with Gasteiger partial charge in [0.15, 0.2) is 17.5 Å². The minimum Gasteiger partial charge on any atom is -0.309 e. The van der Waals surface area contributed by atoms with Crippen LogP contribution in [-0.4, -0.2) is 19.5 Å². The summed E-state index contributed by atoms with van der Waals surface area (Å²) >= 11 is 0. The Balaban J connectivity index is 1.19. The highest BCUT2D eigenvalue weighted by Gasteiger charge is 2.46. The molecule has 272 valence electrons. The minimum atomic E-state index is -0.120. The van der Waals surface area contributed by atoms with Crippen LogP contribution in [0.2, 0.25) is 0 Å². The van der Waals surface area contributed by atoms with Crippen molar-refractivity contribution in [1.82, 2.24) is 19.5 Å². The van der Waals surface area contributed by atoms with E-state index < -0.39 is 0 Å². The molecule has 2 aromatic heterocycles. The van der Waals surface area contributed by atoms with Gasteiger partial charge in [-0.2, -0.15) is 0 Å². The molecule has 2 heterocycles. The molecular weight excluding hydrogens is 693 g/mol. The van der Waals surface area contributed by atoms with Crippen molar-refractivity contribution in [1.29, 1.82) is 0 Å². The molecule has 0 unspecified atom stereocenters. The van der Waals surface area contributed by atoms with E-state index in [0.29, 0.717) is 17.5 Å². The average molecular weight is 733 g/mol. The number of fused-ring (bicyclic) bond motifs is 9. The molecule has 0 aliphatic heterocycles. The van der Waals surface area contributed by atoms with Crippen molar-refractivity contribution in [2.45, 2.75) is 38.5 Å². The maximum Gasteiger partial charge on any atom is 0.164 e. The number of hydrogen-bond acceptors (Lipinski definition) is 3. The number of benzene rings is 8. The molecule has 10 aromatic rings. The van der Waals surface area contributed by atoms with E-state index in [1.807, 2.05) is 36.4 Å². The second kappa shape index (κ2) is 12.3. The van der Waals surface area contributed by atoms with Gasteiger partial charge in [0.05, 0.1) is 16.7 Å². The van der Waals surface area contributed by atoms with Gasteiger partial charge in [0.2, 0.25) is 0 Å². The zero-order valence-corrected chi connectivity index (χ0v) is 32.5. The van der Waals surface area contributed by atoms with Gasteiger partial charge in [0.1, 0.15) is 0 Å². The van der Waals surface area contributed by atoms with E-state index in [1.54, 1.807) is 0 Å². The molecule has 0 saturated heterocycles. The molecule has 1 aliphatic carbocycles. The topological polar surface area (TPSA) is 43.6 Å². The smallest absolute Gasteiger partial charge is 0.164 e. The predicted molar refractivity (Wildman–Crippen MR) is 237 cm³/mol. The lowest BCUT2D eigenvalue weighted by atomic mass is 9.55. The number of nitrogens with zero attached hydrogens (tertiary/aromatic N) is 4. The summed E-state index contributed by atoms with van der Waals surface area (Å²) in [6.07, 6.45) is 0. The van der Waals surface area contributed by atoms with E-state index in [-0.39, 0.29) is 10.8 Å². The highest BCUT2D eigenvalue weighted by molar-refractivity contribution is 6.14. The Morgan fingerprint density at radius 1 is 0.386 bits per heavy atom. The third kappa shape index (κ3) is 4.90. The molecule has 0 radical (unpaired) electrons. The molecule has 11 rings (SSSR count). The first-order chi connectivity index (χ1) is 27.8. The Hall–Kier alpha value is -6.91. The maximum atomic E-state index is 5.13. The van der Waals surface area contributed by atoms with Crippen LogP contribution < -0.4 is 0 Å². The third-order valence-corrected chi connectivity index (χ3v) is 13.0. The van der Waals surface area contributed by atoms with Gasteiger partial charge in [0.25, 0.3) is 0 Å². The van der Waals surface area contributed by atoms with Crippen molar-refractivity contribution in [3.05, 3.63) is 181 Å². The molecule has 0 atom stereocenters. The van der Waals surface area contributed by atoms with Crippen LogP contribution in [0.15, 0.2) is 170 Å². The first kappa shape index (κ1) is 33.4. The first-order valence-electron chi connectivity index (χ1n) is 19.8. The van der Waals surface area contributed by atoms with Gasteiger partial charge in [-0.25, -0.2) is 15.0 Å². The summed E-state index contributed by atoms with van der Waals surface area (Å²) in [5.74, 6) is 1.95. The lowest BCUT2D eigenvalue weighted by Crippen LogP contribution is -2.43. The molecular formula is C53H40N4. The van der Waals surface area contributed by atoms with Crippen LogP contribution in [0.3, 0.4) is 0 Å². The zero-order chi connectivity index (χ0) is 38.5. The Kier molecular flexibility index (Phi) is 7.21. The highest BCUT2D eigenvalue weighted by atomic mass is 15.0. The molecule has 0 saturated carbocycles. The van der Waals surface area contributed by atoms with E-state index in [4.69, 9.17) is 15.0 Å². The molecule has 4 nitrogen and oxygen atoms in total. The number of hydrogen-bond donors (Lipinski definition) is 0. The first-order valence-corrected chi connectivity index (χ1v) is 19.8. The van der Waals surface area contributed by atoms with Gasteiger partial charge < -0.3 is 4.57 Å². The Morgan fingerprint density at radius 2 is 0.947 bits per heavy atom. The Morgan fingerprint density at radius 3 is 1.65 bits per heavy atom. The van der Waals surface area contributed by atoms with Gasteiger partial charge in [-0.15, -0.1) is 0 Å². The molecule has 0 fully saturated rings. The van der Waals surface area contributed by atoms with E-state index in [1.165, 1.54) is 54.8 Å². The fourth-order valence-electron chi connectivity index (χ4n) is 9.36. The van der Waals surface area contributed by atoms with Crippen molar-refractivity contribution in [3.8, 4) is 51.0 Å². The molecule has 57 heavy (non-hydrogen) atoms. The summed E-state index contributed by atoms with van der Waals surface area (Å²) in [6.45, 7) is 9.69. The van der Waals surface area contributed by atoms with E-state index in [9.17, 15) is 0 Å². The van der Waals surface area contributed by atoms with Gasteiger partial charge in [-0.1, -0.05) is 167 Å². The molecule has 8 aromatic carbocycles. The van der Waals surface area contributed by atoms with E-state index >= 15 is 0 Å². The van der Waals surface area contributed by atoms with Crippen molar-refractivity contribution >= 4 is 43.4 Å². The van der Waals surface area contributed by atoms with Gasteiger partial charge in [-0.05, 0) is 79.6 Å². The molecule has 0 N–H and O–H groups in total. The third-order valence-electron chi connectivity index (χ3n) is 13.0. The molecule has 0 spiro atoms. The van der Waals surface area contributed by atoms with Crippen LogP contribution in [-0.2, 0) is 10.8 Å². The fraction of sp³-hybridized carbons (Fsp3) is 0.113. The van der Waals surface area contributed by atoms with Crippen molar-refractivity contribution in [2.24, 2.45) is 0 Å². The summed E-state index contributed by atoms with van der Waals surface area (Å²) in [7, 11) is 0. The lowest BCUT2D eigenvalue weighted by molar-refractivity contribution is 0.299. The van der Waals surface area contributed by atoms with Crippen molar-refractivity contribution in [3.63, 3.8) is 0 Å². The molecule has 1 aliphatic rings. The predicted octanol–water partition coefficient (Wildman–Crippen LogP) is 13.5. The standard InChI is InChI=1S/C53H40N4/c1-52(2)43-29-27-33-17-11-12-22-36(33)48(43)42-32-47-41(31-44(42)53(52,3)4)39-25-15-16-26-45(39)57(47)46-30-28-40(37-23-13-14-24-38(37)46)51-55-49(34-18-7-5-8-19-34)54-50(56-51)35-20-9-6-10-21-35/h5-32H,1-4H3. The van der Waals surface area contributed by atoms with Gasteiger partial charge in [-0.3, -0.25) is 0 Å². The lowest BCUT2D eigenvalue weighted by Gasteiger charge is -2.48. The van der Waals surface area contributed by atoms with Gasteiger partial charge in [0, 0.05) is 32.8 Å². The Bertz CT molecular complexity index is 3170. The second-order valence-corrected chi connectivity index (χ2v) is 16.4. The monoisotopic (exact) mass is 732 g/mol. The number of para-hydroxylation sites is 1. The van der Waals surface area contributed by atoms with E-state index in [2.05, 4.69) is 166 Å². The summed E-state index contributed by atoms with van der Waals surface area (Å²) in [4.78, 5) is 15.2. The summed E-state index contributed by atoms with van der Waals surface area (Å²) in [5, 5.41) is 7.30. The quantitative estimate of drug-likeness (QED) is 0.181. The Labute approximate surface area is 332 Å². The molecule has 0 amide bonds. The minimum absolute atomic E-state index is 0.0901. The van der Waals surface area contributed by atoms with Crippen LogP contribution in [0.5, 0.6) is 0 Å². The van der Waals surface area contributed by atoms with E-state index in [0.717, 1.165) is 33.2 Å². The maximum absolute atomic E-state index is 5.13. The zero-order valence-electron chi connectivity index (χ0n) is 32.5. The average Bonchev–Trinajstić information content (AvgIpc) is 3.58. The normalized spacial score (nSPS) is 14.2. The number of rotatable bonds is 4. The fourth-order valence-corrected chi connectivity index (χ4v) is 9.36. The van der Waals surface area contributed by atoms with Crippen molar-refractivity contribution in [2.75, 3.05) is 0 Å². The van der Waals surface area contributed by atoms with Crippen LogP contribution in [0.1, 0.15) is 38.8 Å². The summed E-state index contributed by atoms with van der Waals surface area (Å²) in [5.41, 5.74) is 11.6. The van der Waals surface area contributed by atoms with Gasteiger partial charge >= 0.3 is 0 Å². The second-order valence-electron chi connectivity index (χ2n) is 16.4. The molecule has 0 bridgehead atoms. The highest BCUT2D eigenvalue weighted by Crippen LogP contribution is 2.56. The number of aromatic nitrogens is 4. The van der Waals surface area contributed by atoms with Crippen LogP contribution in [0.4, 0.5) is 0 Å². The van der Waals surface area contributed by atoms with Crippen LogP contribution in [0, 0.1) is 0 Å². The summed E-state index contributed by atoms with van der Waals surface area (Å²) in [6, 6.07) is 60.9. The van der Waals surface area contributed by atoms with Crippen molar-refractivity contribution < 1.29 is 0 Å². The van der Waals surface area contributed by atoms with Crippen LogP contribution in [0.25, 0.3) is 94.3 Å². The molecule has 4 heteroatoms. The SMILES string of the molecule is CC1(C)c2cc3c4ccccc4n(-c4ccc(-c5nc(-c6ccccc6)nc(-c6ccccc6)n5)c5ccccc45)c3cc2-c2c(ccc3ccccc23)C1(C)C. The summed E-state index contributed by atoms with van der Waals surface area (Å²) < 4.78 is 2.48.